The smallest absolute Gasteiger partial charge is 0.128 e. The van der Waals surface area contributed by atoms with Crippen molar-refractivity contribution in [3.63, 3.8) is 0 Å². The Bertz CT molecular complexity index is 191. The van der Waals surface area contributed by atoms with Crippen LogP contribution in [-0.4, -0.2) is 7.11 Å². The minimum absolute atomic E-state index is 0.480. The van der Waals surface area contributed by atoms with Gasteiger partial charge in [0.1, 0.15) is 5.75 Å². The van der Waals surface area contributed by atoms with E-state index < -0.39 is 0 Å². The van der Waals surface area contributed by atoms with E-state index >= 15 is 0 Å². The highest BCUT2D eigenvalue weighted by Crippen LogP contribution is 2.07. The molecule has 0 atom stereocenters. The molecular formula is C8H9NO. The molecule has 0 amide bonds. The van der Waals surface area contributed by atoms with Crippen LogP contribution in [0.3, 0.4) is 0 Å². The van der Waals surface area contributed by atoms with Crippen LogP contribution in [-0.2, 0) is 6.54 Å². The highest BCUT2D eigenvalue weighted by atomic mass is 16.5. The Labute approximate surface area is 60.6 Å². The maximum atomic E-state index is 5.37. The zero-order valence-electron chi connectivity index (χ0n) is 5.85. The first-order chi connectivity index (χ1) is 4.86. The van der Waals surface area contributed by atoms with Gasteiger partial charge >= 0.3 is 0 Å². The number of hydrogen-bond donors (Lipinski definition) is 1. The maximum absolute atomic E-state index is 5.37. The van der Waals surface area contributed by atoms with Gasteiger partial charge in [-0.15, -0.1) is 0 Å². The second-order valence-electron chi connectivity index (χ2n) is 1.89. The first-order valence-corrected chi connectivity index (χ1v) is 3.03. The fraction of sp³-hybridized carbons (Fsp3) is 0.250. The lowest BCUT2D eigenvalue weighted by Crippen LogP contribution is -1.95. The molecule has 0 saturated heterocycles. The second kappa shape index (κ2) is 3.09. The Balaban J connectivity index is 2.87. The molecule has 0 aliphatic carbocycles. The van der Waals surface area contributed by atoms with Gasteiger partial charge in [0.2, 0.25) is 0 Å². The molecule has 0 saturated carbocycles. The fourth-order valence-corrected chi connectivity index (χ4v) is 0.677. The zero-order valence-corrected chi connectivity index (χ0v) is 5.85. The molecule has 0 aliphatic rings. The Morgan fingerprint density at radius 2 is 2.50 bits per heavy atom. The third-order valence-electron chi connectivity index (χ3n) is 1.22. The molecule has 0 radical (unpaired) electrons. The van der Waals surface area contributed by atoms with E-state index in [0.717, 1.165) is 11.3 Å². The quantitative estimate of drug-likeness (QED) is 0.649. The average Bonchev–Trinajstić information content (AvgIpc) is 2.05. The highest BCUT2D eigenvalue weighted by Gasteiger charge is 1.89. The monoisotopic (exact) mass is 135 g/mol. The van der Waals surface area contributed by atoms with E-state index in [4.69, 9.17) is 10.5 Å². The molecule has 2 nitrogen and oxygen atoms in total. The van der Waals surface area contributed by atoms with Gasteiger partial charge in [-0.1, -0.05) is 12.1 Å². The van der Waals surface area contributed by atoms with Crippen molar-refractivity contribution >= 4 is 0 Å². The van der Waals surface area contributed by atoms with E-state index in [1.54, 1.807) is 13.2 Å². The van der Waals surface area contributed by atoms with Crippen LogP contribution in [0, 0.1) is 12.1 Å². The molecule has 52 valence electrons. The van der Waals surface area contributed by atoms with E-state index in [2.05, 4.69) is 12.1 Å². The largest absolute Gasteiger partial charge is 0.496 e. The van der Waals surface area contributed by atoms with Gasteiger partial charge in [0, 0.05) is 18.2 Å². The van der Waals surface area contributed by atoms with Gasteiger partial charge in [-0.3, -0.25) is 0 Å². The van der Waals surface area contributed by atoms with Crippen LogP contribution < -0.4 is 10.5 Å². The predicted octanol–water partition coefficient (Wildman–Crippen LogP) is 0.754. The van der Waals surface area contributed by atoms with Gasteiger partial charge in [0.15, 0.2) is 0 Å². The minimum atomic E-state index is 0.480. The molecule has 0 aromatic heterocycles. The summed E-state index contributed by atoms with van der Waals surface area (Å²) in [6.45, 7) is 0.480. The number of hydrogen-bond acceptors (Lipinski definition) is 2. The lowest BCUT2D eigenvalue weighted by atomic mass is 10.2. The molecule has 2 N–H and O–H groups in total. The lowest BCUT2D eigenvalue weighted by Gasteiger charge is -1.96. The molecule has 2 heteroatoms. The van der Waals surface area contributed by atoms with Gasteiger partial charge in [0.25, 0.3) is 0 Å². The van der Waals surface area contributed by atoms with Crippen molar-refractivity contribution in [1.82, 2.24) is 0 Å². The summed E-state index contributed by atoms with van der Waals surface area (Å²) < 4.78 is 4.95. The predicted molar refractivity (Wildman–Crippen MR) is 38.6 cm³/mol. The first-order valence-electron chi connectivity index (χ1n) is 3.03. The summed E-state index contributed by atoms with van der Waals surface area (Å²) in [5.41, 5.74) is 6.28. The minimum Gasteiger partial charge on any atom is -0.496 e. The third kappa shape index (κ3) is 1.40. The summed E-state index contributed by atoms with van der Waals surface area (Å²) in [6.07, 6.45) is 0. The van der Waals surface area contributed by atoms with E-state index in [9.17, 15) is 0 Å². The van der Waals surface area contributed by atoms with E-state index in [-0.39, 0.29) is 0 Å². The summed E-state index contributed by atoms with van der Waals surface area (Å²) in [4.78, 5) is 0. The van der Waals surface area contributed by atoms with Gasteiger partial charge in [-0.05, 0) is 6.07 Å². The average molecular weight is 135 g/mol. The standard InChI is InChI=1S/C8H9NO/c1-10-8-4-2-3-7(5-8)6-9/h4-5H,6,9H2,1H3. The summed E-state index contributed by atoms with van der Waals surface area (Å²) in [5, 5.41) is 0. The van der Waals surface area contributed by atoms with Crippen molar-refractivity contribution in [2.24, 2.45) is 5.73 Å². The zero-order chi connectivity index (χ0) is 7.40. The van der Waals surface area contributed by atoms with Crippen LogP contribution in [0.15, 0.2) is 12.1 Å². The van der Waals surface area contributed by atoms with Gasteiger partial charge in [0.05, 0.1) is 7.11 Å². The first kappa shape index (κ1) is 6.91. The SMILES string of the molecule is COc1cc#cc(CN)c1. The van der Waals surface area contributed by atoms with Crippen LogP contribution in [0.5, 0.6) is 5.75 Å². The number of nitrogens with two attached hydrogens (primary N) is 1. The van der Waals surface area contributed by atoms with Crippen LogP contribution >= 0.6 is 0 Å². The third-order valence-corrected chi connectivity index (χ3v) is 1.22. The topological polar surface area (TPSA) is 35.2 Å². The van der Waals surface area contributed by atoms with Crippen LogP contribution in [0.25, 0.3) is 0 Å². The van der Waals surface area contributed by atoms with E-state index in [1.165, 1.54) is 0 Å². The maximum Gasteiger partial charge on any atom is 0.128 e. The molecule has 0 heterocycles. The molecular weight excluding hydrogens is 126 g/mol. The number of ether oxygens (including phenoxy) is 1. The normalized spacial score (nSPS) is 8.60. The molecule has 1 aromatic carbocycles. The molecule has 0 unspecified atom stereocenters. The Morgan fingerprint density at radius 1 is 1.70 bits per heavy atom. The van der Waals surface area contributed by atoms with Crippen molar-refractivity contribution in [3.8, 4) is 5.75 Å². The molecule has 1 rings (SSSR count). The summed E-state index contributed by atoms with van der Waals surface area (Å²) in [5.74, 6) is 0.777. The number of methoxy groups -OCH3 is 1. The Morgan fingerprint density at radius 3 is 3.10 bits per heavy atom. The van der Waals surface area contributed by atoms with Crippen molar-refractivity contribution in [2.75, 3.05) is 7.11 Å². The van der Waals surface area contributed by atoms with Gasteiger partial charge in [-0.25, -0.2) is 0 Å². The van der Waals surface area contributed by atoms with Crippen molar-refractivity contribution in [2.45, 2.75) is 6.54 Å². The molecule has 10 heavy (non-hydrogen) atoms. The Kier molecular flexibility index (Phi) is 2.14. The molecule has 0 spiro atoms. The van der Waals surface area contributed by atoms with Crippen molar-refractivity contribution in [1.29, 1.82) is 0 Å². The van der Waals surface area contributed by atoms with Crippen LogP contribution in [0.4, 0.5) is 0 Å². The van der Waals surface area contributed by atoms with Gasteiger partial charge in [-0.2, -0.15) is 0 Å². The molecule has 0 bridgehead atoms. The molecule has 1 aromatic rings. The summed E-state index contributed by atoms with van der Waals surface area (Å²) >= 11 is 0. The van der Waals surface area contributed by atoms with Crippen molar-refractivity contribution < 1.29 is 4.74 Å². The Hall–Kier alpha value is -1.20. The van der Waals surface area contributed by atoms with Crippen molar-refractivity contribution in [3.05, 3.63) is 29.8 Å². The van der Waals surface area contributed by atoms with Crippen LogP contribution in [0.1, 0.15) is 5.56 Å². The number of rotatable bonds is 2. The summed E-state index contributed by atoms with van der Waals surface area (Å²) in [7, 11) is 1.61. The lowest BCUT2D eigenvalue weighted by molar-refractivity contribution is 0.414. The van der Waals surface area contributed by atoms with Gasteiger partial charge < -0.3 is 10.5 Å². The molecule has 0 aliphatic heterocycles. The van der Waals surface area contributed by atoms with E-state index in [1.807, 2.05) is 6.07 Å². The van der Waals surface area contributed by atoms with E-state index in [0.29, 0.717) is 6.54 Å². The second-order valence-corrected chi connectivity index (χ2v) is 1.89. The highest BCUT2D eigenvalue weighted by molar-refractivity contribution is 5.23. The molecule has 0 fully saturated rings. The summed E-state index contributed by atoms with van der Waals surface area (Å²) in [6, 6.07) is 9.23. The fourth-order valence-electron chi connectivity index (χ4n) is 0.677. The van der Waals surface area contributed by atoms with Crippen LogP contribution in [0.2, 0.25) is 0 Å².